The molecule has 0 bridgehead atoms. The predicted octanol–water partition coefficient (Wildman–Crippen LogP) is 3.07. The maximum atomic E-state index is 13.2. The summed E-state index contributed by atoms with van der Waals surface area (Å²) in [5.74, 6) is 0.0404. The number of carbonyl (C=O) groups excluding carboxylic acids is 1. The molecular formula is C17H14FN5O. The molecule has 1 amide bonds. The third kappa shape index (κ3) is 2.50. The quantitative estimate of drug-likeness (QED) is 0.541. The maximum absolute atomic E-state index is 13.2. The van der Waals surface area contributed by atoms with Crippen molar-refractivity contribution in [3.8, 4) is 0 Å². The number of H-pyrrole nitrogens is 2. The molecule has 0 spiro atoms. The van der Waals surface area contributed by atoms with Gasteiger partial charge >= 0.3 is 0 Å². The van der Waals surface area contributed by atoms with Crippen LogP contribution < -0.4 is 5.32 Å². The molecule has 3 N–H and O–H groups in total. The summed E-state index contributed by atoms with van der Waals surface area (Å²) in [6.45, 7) is 1.83. The van der Waals surface area contributed by atoms with Crippen LogP contribution in [0.25, 0.3) is 22.1 Å². The van der Waals surface area contributed by atoms with E-state index in [1.54, 1.807) is 0 Å². The zero-order chi connectivity index (χ0) is 16.7. The van der Waals surface area contributed by atoms with E-state index in [1.165, 1.54) is 18.2 Å². The van der Waals surface area contributed by atoms with E-state index in [2.05, 4.69) is 25.3 Å². The first-order valence-electron chi connectivity index (χ1n) is 7.51. The second-order valence-corrected chi connectivity index (χ2v) is 5.58. The summed E-state index contributed by atoms with van der Waals surface area (Å²) in [6, 6.07) is 11.5. The summed E-state index contributed by atoms with van der Waals surface area (Å²) in [6.07, 6.45) is 0. The highest BCUT2D eigenvalue weighted by Crippen LogP contribution is 2.17. The van der Waals surface area contributed by atoms with Gasteiger partial charge in [0.15, 0.2) is 5.82 Å². The summed E-state index contributed by atoms with van der Waals surface area (Å²) >= 11 is 0. The molecule has 0 aliphatic carbocycles. The van der Waals surface area contributed by atoms with Crippen LogP contribution in [0.2, 0.25) is 0 Å². The van der Waals surface area contributed by atoms with Crippen LogP contribution in [0.5, 0.6) is 0 Å². The average molecular weight is 323 g/mol. The molecule has 2 aromatic heterocycles. The van der Waals surface area contributed by atoms with Gasteiger partial charge in [0.1, 0.15) is 11.6 Å². The summed E-state index contributed by atoms with van der Waals surface area (Å²) in [5.41, 5.74) is 2.77. The Bertz CT molecular complexity index is 1020. The Morgan fingerprint density at radius 2 is 1.88 bits per heavy atom. The molecular weight excluding hydrogens is 309 g/mol. The van der Waals surface area contributed by atoms with Gasteiger partial charge < -0.3 is 15.3 Å². The van der Waals surface area contributed by atoms with Crippen molar-refractivity contribution in [2.75, 3.05) is 0 Å². The first-order chi connectivity index (χ1) is 11.6. The zero-order valence-electron chi connectivity index (χ0n) is 12.8. The van der Waals surface area contributed by atoms with Crippen LogP contribution in [0.3, 0.4) is 0 Å². The van der Waals surface area contributed by atoms with Gasteiger partial charge in [-0.3, -0.25) is 4.79 Å². The smallest absolute Gasteiger partial charge is 0.287 e. The molecule has 4 rings (SSSR count). The SMILES string of the molecule is CC(NC(=O)c1nc2ccc(F)cc2[nH]1)c1nc2ccccc2[nH]1. The zero-order valence-corrected chi connectivity index (χ0v) is 12.8. The number of amides is 1. The number of benzene rings is 2. The maximum Gasteiger partial charge on any atom is 0.287 e. The van der Waals surface area contributed by atoms with Crippen LogP contribution in [0.15, 0.2) is 42.5 Å². The first-order valence-corrected chi connectivity index (χ1v) is 7.51. The highest BCUT2D eigenvalue weighted by atomic mass is 19.1. The van der Waals surface area contributed by atoms with Crippen LogP contribution in [-0.4, -0.2) is 25.8 Å². The third-order valence-corrected chi connectivity index (χ3v) is 3.82. The molecule has 7 heteroatoms. The normalized spacial score (nSPS) is 12.6. The van der Waals surface area contributed by atoms with Gasteiger partial charge in [0.25, 0.3) is 5.91 Å². The van der Waals surface area contributed by atoms with Crippen molar-refractivity contribution in [3.63, 3.8) is 0 Å². The highest BCUT2D eigenvalue weighted by Gasteiger charge is 2.17. The van der Waals surface area contributed by atoms with Gasteiger partial charge in [0.2, 0.25) is 0 Å². The minimum atomic E-state index is -0.381. The number of para-hydroxylation sites is 2. The minimum Gasteiger partial charge on any atom is -0.340 e. The van der Waals surface area contributed by atoms with Crippen molar-refractivity contribution in [2.24, 2.45) is 0 Å². The lowest BCUT2D eigenvalue weighted by Gasteiger charge is -2.09. The molecule has 1 unspecified atom stereocenters. The average Bonchev–Trinajstić information content (AvgIpc) is 3.18. The Balaban J connectivity index is 1.57. The summed E-state index contributed by atoms with van der Waals surface area (Å²) in [7, 11) is 0. The van der Waals surface area contributed by atoms with Gasteiger partial charge in [0.05, 0.1) is 28.1 Å². The standard InChI is InChI=1S/C17H14FN5O/c1-9(15-20-11-4-2-3-5-12(11)21-15)19-17(24)16-22-13-7-6-10(18)8-14(13)23-16/h2-9H,1H3,(H,19,24)(H,20,21)(H,22,23). The molecule has 0 fully saturated rings. The Morgan fingerprint density at radius 1 is 1.08 bits per heavy atom. The molecule has 0 aliphatic heterocycles. The second kappa shape index (κ2) is 5.45. The van der Waals surface area contributed by atoms with Gasteiger partial charge in [0, 0.05) is 0 Å². The molecule has 0 saturated heterocycles. The topological polar surface area (TPSA) is 86.5 Å². The van der Waals surface area contributed by atoms with Gasteiger partial charge in [-0.05, 0) is 37.3 Å². The van der Waals surface area contributed by atoms with Crippen LogP contribution in [0, 0.1) is 5.82 Å². The number of hydrogen-bond acceptors (Lipinski definition) is 3. The number of fused-ring (bicyclic) bond motifs is 2. The first kappa shape index (κ1) is 14.4. The lowest BCUT2D eigenvalue weighted by molar-refractivity contribution is 0.0929. The molecule has 2 heterocycles. The fraction of sp³-hybridized carbons (Fsp3) is 0.118. The lowest BCUT2D eigenvalue weighted by Crippen LogP contribution is -2.28. The Morgan fingerprint density at radius 3 is 2.71 bits per heavy atom. The van der Waals surface area contributed by atoms with Gasteiger partial charge in [-0.15, -0.1) is 0 Å². The molecule has 24 heavy (non-hydrogen) atoms. The van der Waals surface area contributed by atoms with E-state index in [4.69, 9.17) is 0 Å². The van der Waals surface area contributed by atoms with E-state index >= 15 is 0 Å². The molecule has 0 saturated carbocycles. The Hall–Kier alpha value is -3.22. The van der Waals surface area contributed by atoms with Crippen molar-refractivity contribution >= 4 is 28.0 Å². The van der Waals surface area contributed by atoms with Crippen LogP contribution in [0.1, 0.15) is 29.4 Å². The van der Waals surface area contributed by atoms with Crippen molar-refractivity contribution < 1.29 is 9.18 Å². The highest BCUT2D eigenvalue weighted by molar-refractivity contribution is 5.94. The number of aromatic nitrogens is 4. The predicted molar refractivity (Wildman–Crippen MR) is 88.0 cm³/mol. The van der Waals surface area contributed by atoms with E-state index < -0.39 is 0 Å². The van der Waals surface area contributed by atoms with Crippen LogP contribution >= 0.6 is 0 Å². The number of hydrogen-bond donors (Lipinski definition) is 3. The van der Waals surface area contributed by atoms with Crippen LogP contribution in [0.4, 0.5) is 4.39 Å². The number of nitrogens with zero attached hydrogens (tertiary/aromatic N) is 2. The summed E-state index contributed by atoms with van der Waals surface area (Å²) in [4.78, 5) is 27.0. The van der Waals surface area contributed by atoms with Crippen molar-refractivity contribution in [2.45, 2.75) is 13.0 Å². The van der Waals surface area contributed by atoms with E-state index in [0.717, 1.165) is 11.0 Å². The Kier molecular flexibility index (Phi) is 3.26. The second-order valence-electron chi connectivity index (χ2n) is 5.58. The fourth-order valence-corrected chi connectivity index (χ4v) is 2.60. The number of carbonyl (C=O) groups is 1. The van der Waals surface area contributed by atoms with Gasteiger partial charge in [-0.1, -0.05) is 12.1 Å². The molecule has 2 aromatic carbocycles. The van der Waals surface area contributed by atoms with Crippen LogP contribution in [-0.2, 0) is 0 Å². The largest absolute Gasteiger partial charge is 0.340 e. The lowest BCUT2D eigenvalue weighted by atomic mass is 10.3. The number of aromatic amines is 2. The molecule has 120 valence electrons. The number of nitrogens with one attached hydrogen (secondary N) is 3. The van der Waals surface area contributed by atoms with Crippen molar-refractivity contribution in [3.05, 3.63) is 59.9 Å². The van der Waals surface area contributed by atoms with Gasteiger partial charge in [-0.2, -0.15) is 0 Å². The van der Waals surface area contributed by atoms with E-state index in [1.807, 2.05) is 31.2 Å². The number of imidazole rings is 2. The Labute approximate surface area is 136 Å². The number of rotatable bonds is 3. The fourth-order valence-electron chi connectivity index (χ4n) is 2.60. The van der Waals surface area contributed by atoms with Crippen molar-refractivity contribution in [1.82, 2.24) is 25.3 Å². The summed E-state index contributed by atoms with van der Waals surface area (Å²) < 4.78 is 13.2. The van der Waals surface area contributed by atoms with E-state index in [-0.39, 0.29) is 23.6 Å². The van der Waals surface area contributed by atoms with Gasteiger partial charge in [-0.25, -0.2) is 14.4 Å². The monoisotopic (exact) mass is 323 g/mol. The van der Waals surface area contributed by atoms with Crippen molar-refractivity contribution in [1.29, 1.82) is 0 Å². The molecule has 0 radical (unpaired) electrons. The summed E-state index contributed by atoms with van der Waals surface area (Å²) in [5, 5.41) is 2.83. The molecule has 1 atom stereocenters. The number of halogens is 1. The van der Waals surface area contributed by atoms with E-state index in [0.29, 0.717) is 16.9 Å². The molecule has 0 aliphatic rings. The molecule has 4 aromatic rings. The third-order valence-electron chi connectivity index (χ3n) is 3.82. The minimum absolute atomic E-state index is 0.138. The molecule has 6 nitrogen and oxygen atoms in total. The van der Waals surface area contributed by atoms with E-state index in [9.17, 15) is 9.18 Å².